The lowest BCUT2D eigenvalue weighted by molar-refractivity contribution is 0.0925. The van der Waals surface area contributed by atoms with E-state index in [1.54, 1.807) is 0 Å². The lowest BCUT2D eigenvalue weighted by atomic mass is 9.91. The van der Waals surface area contributed by atoms with Gasteiger partial charge in [0.25, 0.3) is 11.8 Å². The van der Waals surface area contributed by atoms with Gasteiger partial charge in [0.1, 0.15) is 5.76 Å². The number of amides is 2. The Labute approximate surface area is 158 Å². The summed E-state index contributed by atoms with van der Waals surface area (Å²) in [5.74, 6) is 0.533. The van der Waals surface area contributed by atoms with E-state index in [1.807, 2.05) is 31.2 Å². The van der Waals surface area contributed by atoms with Gasteiger partial charge in [-0.2, -0.15) is 0 Å². The molecule has 2 aromatic rings. The molecule has 1 aromatic carbocycles. The number of fused-ring (bicyclic) bond motifs is 1. The van der Waals surface area contributed by atoms with Crippen LogP contribution >= 0.6 is 0 Å². The van der Waals surface area contributed by atoms with Gasteiger partial charge >= 0.3 is 0 Å². The molecular weight excluding hydrogens is 342 g/mol. The molecule has 0 aliphatic heterocycles. The highest BCUT2D eigenvalue weighted by Crippen LogP contribution is 2.26. The first-order chi connectivity index (χ1) is 13.1. The van der Waals surface area contributed by atoms with Crippen molar-refractivity contribution >= 4 is 11.8 Å². The molecule has 4 rings (SSSR count). The van der Waals surface area contributed by atoms with Crippen LogP contribution < -0.4 is 10.6 Å². The van der Waals surface area contributed by atoms with E-state index in [-0.39, 0.29) is 23.9 Å². The number of benzene rings is 1. The molecule has 1 saturated carbocycles. The van der Waals surface area contributed by atoms with E-state index in [1.165, 1.54) is 0 Å². The first-order valence-electron chi connectivity index (χ1n) is 9.76. The maximum Gasteiger partial charge on any atom is 0.273 e. The number of rotatable bonds is 4. The monoisotopic (exact) mass is 367 g/mol. The van der Waals surface area contributed by atoms with Crippen LogP contribution in [0, 0.1) is 6.92 Å². The van der Waals surface area contributed by atoms with Gasteiger partial charge in [-0.25, -0.2) is 0 Å². The Bertz CT molecular complexity index is 852. The highest BCUT2D eigenvalue weighted by Gasteiger charge is 2.30. The van der Waals surface area contributed by atoms with Gasteiger partial charge in [-0.1, -0.05) is 35.7 Å². The van der Waals surface area contributed by atoms with Crippen molar-refractivity contribution in [3.05, 3.63) is 52.4 Å². The maximum atomic E-state index is 12.6. The van der Waals surface area contributed by atoms with E-state index in [0.29, 0.717) is 24.1 Å². The van der Waals surface area contributed by atoms with Gasteiger partial charge in [0.05, 0.1) is 0 Å². The molecule has 0 saturated heterocycles. The summed E-state index contributed by atoms with van der Waals surface area (Å²) in [4.78, 5) is 25.1. The Hall–Kier alpha value is -2.63. The van der Waals surface area contributed by atoms with Gasteiger partial charge in [0, 0.05) is 29.6 Å². The quantitative estimate of drug-likeness (QED) is 0.870. The average Bonchev–Trinajstić information content (AvgIpc) is 3.31. The summed E-state index contributed by atoms with van der Waals surface area (Å²) in [6.45, 7) is 1.97. The molecule has 2 amide bonds. The predicted molar refractivity (Wildman–Crippen MR) is 101 cm³/mol. The van der Waals surface area contributed by atoms with Crippen molar-refractivity contribution in [2.45, 2.75) is 64.0 Å². The highest BCUT2D eigenvalue weighted by atomic mass is 16.5. The molecule has 2 N–H and O–H groups in total. The molecule has 0 bridgehead atoms. The lowest BCUT2D eigenvalue weighted by Crippen LogP contribution is -2.39. The van der Waals surface area contributed by atoms with E-state index >= 15 is 0 Å². The molecule has 27 heavy (non-hydrogen) atoms. The van der Waals surface area contributed by atoms with Gasteiger partial charge in [0.15, 0.2) is 5.69 Å². The second kappa shape index (κ2) is 7.55. The zero-order valence-corrected chi connectivity index (χ0v) is 15.6. The third kappa shape index (κ3) is 3.89. The fourth-order valence-corrected chi connectivity index (χ4v) is 4.08. The van der Waals surface area contributed by atoms with Crippen molar-refractivity contribution in [1.82, 2.24) is 15.8 Å². The molecule has 1 atom stereocenters. The molecule has 6 nitrogen and oxygen atoms in total. The van der Waals surface area contributed by atoms with Crippen molar-refractivity contribution in [2.75, 3.05) is 0 Å². The second-order valence-electron chi connectivity index (χ2n) is 7.67. The normalized spacial score (nSPS) is 19.5. The minimum atomic E-state index is -0.155. The van der Waals surface area contributed by atoms with Gasteiger partial charge < -0.3 is 15.2 Å². The minimum absolute atomic E-state index is 0.0251. The summed E-state index contributed by atoms with van der Waals surface area (Å²) in [7, 11) is 0. The van der Waals surface area contributed by atoms with Crippen LogP contribution in [0.4, 0.5) is 0 Å². The number of carbonyl (C=O) groups excluding carboxylic acids is 2. The second-order valence-corrected chi connectivity index (χ2v) is 7.67. The predicted octanol–water partition coefficient (Wildman–Crippen LogP) is 2.94. The van der Waals surface area contributed by atoms with Crippen LogP contribution in [0.5, 0.6) is 0 Å². The molecule has 1 aromatic heterocycles. The number of hydrogen-bond acceptors (Lipinski definition) is 4. The van der Waals surface area contributed by atoms with Crippen LogP contribution in [-0.4, -0.2) is 29.1 Å². The molecule has 1 fully saturated rings. The molecule has 1 heterocycles. The Kier molecular flexibility index (Phi) is 4.97. The van der Waals surface area contributed by atoms with Gasteiger partial charge in [-0.05, 0) is 44.7 Å². The Morgan fingerprint density at radius 1 is 1.07 bits per heavy atom. The first-order valence-corrected chi connectivity index (χ1v) is 9.76. The number of nitrogens with zero attached hydrogens (tertiary/aromatic N) is 1. The zero-order valence-electron chi connectivity index (χ0n) is 15.6. The smallest absolute Gasteiger partial charge is 0.273 e. The first kappa shape index (κ1) is 17.8. The standard InChI is InChI=1S/C21H25N3O3/c1-13-5-4-6-14(11-13)20(25)23-16-9-10-18-17(12-16)19(24-27-18)21(26)22-15-7-2-3-8-15/h4-6,11,15-16H,2-3,7-10,12H2,1H3,(H,22,26)(H,23,25). The summed E-state index contributed by atoms with van der Waals surface area (Å²) in [5.41, 5.74) is 2.93. The lowest BCUT2D eigenvalue weighted by Gasteiger charge is -2.22. The Morgan fingerprint density at radius 3 is 2.63 bits per heavy atom. The van der Waals surface area contributed by atoms with E-state index < -0.39 is 0 Å². The summed E-state index contributed by atoms with van der Waals surface area (Å²) < 4.78 is 5.40. The zero-order chi connectivity index (χ0) is 18.8. The van der Waals surface area contributed by atoms with Crippen LogP contribution in [0.3, 0.4) is 0 Å². The largest absolute Gasteiger partial charge is 0.360 e. The van der Waals surface area contributed by atoms with Crippen LogP contribution in [0.25, 0.3) is 0 Å². The van der Waals surface area contributed by atoms with E-state index in [9.17, 15) is 9.59 Å². The maximum absolute atomic E-state index is 12.6. The molecular formula is C21H25N3O3. The Morgan fingerprint density at radius 2 is 1.85 bits per heavy atom. The summed E-state index contributed by atoms with van der Waals surface area (Å²) in [5, 5.41) is 10.2. The van der Waals surface area contributed by atoms with E-state index in [2.05, 4.69) is 15.8 Å². The van der Waals surface area contributed by atoms with Gasteiger partial charge in [0.2, 0.25) is 0 Å². The summed E-state index contributed by atoms with van der Waals surface area (Å²) in [6, 6.07) is 7.76. The number of hydrogen-bond donors (Lipinski definition) is 2. The molecule has 2 aliphatic carbocycles. The third-order valence-corrected chi connectivity index (χ3v) is 5.56. The van der Waals surface area contributed by atoms with Crippen molar-refractivity contribution in [2.24, 2.45) is 0 Å². The minimum Gasteiger partial charge on any atom is -0.360 e. The third-order valence-electron chi connectivity index (χ3n) is 5.56. The summed E-state index contributed by atoms with van der Waals surface area (Å²) in [6.07, 6.45) is 6.41. The topological polar surface area (TPSA) is 84.2 Å². The molecule has 6 heteroatoms. The molecule has 0 radical (unpaired) electrons. The Balaban J connectivity index is 1.43. The van der Waals surface area contributed by atoms with E-state index in [0.717, 1.165) is 49.0 Å². The van der Waals surface area contributed by atoms with Crippen molar-refractivity contribution in [3.63, 3.8) is 0 Å². The fourth-order valence-electron chi connectivity index (χ4n) is 4.08. The number of aromatic nitrogens is 1. The van der Waals surface area contributed by atoms with Crippen LogP contribution in [-0.2, 0) is 12.8 Å². The number of carbonyl (C=O) groups is 2. The highest BCUT2D eigenvalue weighted by molar-refractivity contribution is 5.95. The van der Waals surface area contributed by atoms with Crippen molar-refractivity contribution in [1.29, 1.82) is 0 Å². The van der Waals surface area contributed by atoms with Gasteiger partial charge in [-0.15, -0.1) is 0 Å². The number of nitrogens with one attached hydrogen (secondary N) is 2. The summed E-state index contributed by atoms with van der Waals surface area (Å²) >= 11 is 0. The molecule has 142 valence electrons. The molecule has 0 spiro atoms. The van der Waals surface area contributed by atoms with Crippen LogP contribution in [0.15, 0.2) is 28.8 Å². The molecule has 1 unspecified atom stereocenters. The molecule has 2 aliphatic rings. The number of aryl methyl sites for hydroxylation is 2. The van der Waals surface area contributed by atoms with E-state index in [4.69, 9.17) is 4.52 Å². The van der Waals surface area contributed by atoms with Crippen LogP contribution in [0.1, 0.15) is 69.8 Å². The fraction of sp³-hybridized carbons (Fsp3) is 0.476. The van der Waals surface area contributed by atoms with Crippen molar-refractivity contribution in [3.8, 4) is 0 Å². The average molecular weight is 367 g/mol. The van der Waals surface area contributed by atoms with Crippen LogP contribution in [0.2, 0.25) is 0 Å². The SMILES string of the molecule is Cc1cccc(C(=O)NC2CCc3onc(C(=O)NC4CCCC4)c3C2)c1. The van der Waals surface area contributed by atoms with Crippen molar-refractivity contribution < 1.29 is 14.1 Å². The van der Waals surface area contributed by atoms with Gasteiger partial charge in [-0.3, -0.25) is 9.59 Å².